The Morgan fingerprint density at radius 1 is 1.00 bits per heavy atom. The smallest absolute Gasteiger partial charge is 0.325 e. The number of imide groups is 1. The molecule has 0 bridgehead atoms. The zero-order valence-electron chi connectivity index (χ0n) is 15.1. The maximum atomic E-state index is 12.9. The minimum absolute atomic E-state index is 0.0220. The lowest BCUT2D eigenvalue weighted by molar-refractivity contribution is -0.119. The fourth-order valence-corrected chi connectivity index (χ4v) is 2.45. The highest BCUT2D eigenvalue weighted by atomic mass is 19.1. The lowest BCUT2D eigenvalue weighted by atomic mass is 10.1. The molecule has 28 heavy (non-hydrogen) atoms. The summed E-state index contributed by atoms with van der Waals surface area (Å²) in [5.41, 5.74) is 1.96. The number of carbonyl (C=O) groups is 2. The zero-order valence-corrected chi connectivity index (χ0v) is 15.1. The molecule has 0 radical (unpaired) electrons. The Morgan fingerprint density at radius 2 is 1.71 bits per heavy atom. The van der Waals surface area contributed by atoms with Crippen LogP contribution in [0.2, 0.25) is 0 Å². The second-order valence-electron chi connectivity index (χ2n) is 6.06. The van der Waals surface area contributed by atoms with Crippen LogP contribution in [0, 0.1) is 12.7 Å². The molecule has 0 saturated heterocycles. The van der Waals surface area contributed by atoms with E-state index in [-0.39, 0.29) is 12.2 Å². The number of carbonyl (C=O) groups excluding carboxylic acids is 2. The molecule has 0 fully saturated rings. The molecule has 1 heterocycles. The van der Waals surface area contributed by atoms with Crippen molar-refractivity contribution in [3.05, 3.63) is 83.9 Å². The van der Waals surface area contributed by atoms with E-state index in [4.69, 9.17) is 4.74 Å². The molecule has 3 aromatic rings. The third-order valence-corrected chi connectivity index (χ3v) is 3.75. The highest BCUT2D eigenvalue weighted by molar-refractivity contribution is 6.01. The van der Waals surface area contributed by atoms with Gasteiger partial charge < -0.3 is 10.1 Å². The first kappa shape index (κ1) is 19.0. The van der Waals surface area contributed by atoms with E-state index in [0.717, 1.165) is 5.69 Å². The minimum Gasteiger partial charge on any atom is -0.457 e. The standard InChI is InChI=1S/C21H18FN3O3/c1-14-12-19(10-11-23-14)28-18-8-6-17(7-9-18)24-21(27)25-20(26)13-15-2-4-16(22)5-3-15/h2-12H,13H2,1H3,(H2,24,25,26,27). The van der Waals surface area contributed by atoms with Crippen LogP contribution >= 0.6 is 0 Å². The Kier molecular flexibility index (Phi) is 5.96. The fourth-order valence-electron chi connectivity index (χ4n) is 2.45. The predicted octanol–water partition coefficient (Wildman–Crippen LogP) is 4.21. The second kappa shape index (κ2) is 8.77. The lowest BCUT2D eigenvalue weighted by Gasteiger charge is -2.09. The maximum Gasteiger partial charge on any atom is 0.325 e. The summed E-state index contributed by atoms with van der Waals surface area (Å²) in [6.07, 6.45) is 1.64. The van der Waals surface area contributed by atoms with Gasteiger partial charge >= 0.3 is 6.03 Å². The molecule has 0 aliphatic carbocycles. The van der Waals surface area contributed by atoms with Crippen molar-refractivity contribution in [2.24, 2.45) is 0 Å². The van der Waals surface area contributed by atoms with Crippen LogP contribution in [-0.4, -0.2) is 16.9 Å². The summed E-state index contributed by atoms with van der Waals surface area (Å²) < 4.78 is 18.6. The summed E-state index contributed by atoms with van der Waals surface area (Å²) in [6, 6.07) is 15.2. The fraction of sp³-hybridized carbons (Fsp3) is 0.0952. The minimum atomic E-state index is -0.648. The maximum absolute atomic E-state index is 12.9. The number of rotatable bonds is 5. The number of hydrogen-bond donors (Lipinski definition) is 2. The van der Waals surface area contributed by atoms with E-state index in [1.165, 1.54) is 24.3 Å². The molecule has 142 valence electrons. The summed E-state index contributed by atoms with van der Waals surface area (Å²) in [7, 11) is 0. The lowest BCUT2D eigenvalue weighted by Crippen LogP contribution is -2.35. The topological polar surface area (TPSA) is 80.3 Å². The number of hydrogen-bond acceptors (Lipinski definition) is 4. The van der Waals surface area contributed by atoms with Gasteiger partial charge in [0.05, 0.1) is 6.42 Å². The molecular weight excluding hydrogens is 361 g/mol. The molecule has 1 aromatic heterocycles. The van der Waals surface area contributed by atoms with E-state index in [0.29, 0.717) is 22.7 Å². The van der Waals surface area contributed by atoms with E-state index in [1.807, 2.05) is 13.0 Å². The van der Waals surface area contributed by atoms with Crippen molar-refractivity contribution in [1.29, 1.82) is 0 Å². The van der Waals surface area contributed by atoms with Crippen LogP contribution in [0.25, 0.3) is 0 Å². The van der Waals surface area contributed by atoms with Crippen molar-refractivity contribution < 1.29 is 18.7 Å². The van der Waals surface area contributed by atoms with Gasteiger partial charge in [-0.2, -0.15) is 0 Å². The number of nitrogens with zero attached hydrogens (tertiary/aromatic N) is 1. The predicted molar refractivity (Wildman–Crippen MR) is 103 cm³/mol. The average Bonchev–Trinajstić information content (AvgIpc) is 2.65. The molecule has 0 saturated carbocycles. The number of aromatic nitrogens is 1. The first-order chi connectivity index (χ1) is 13.5. The number of anilines is 1. The van der Waals surface area contributed by atoms with Crippen molar-refractivity contribution in [2.75, 3.05) is 5.32 Å². The molecule has 3 amide bonds. The Balaban J connectivity index is 1.51. The third-order valence-electron chi connectivity index (χ3n) is 3.75. The highest BCUT2D eigenvalue weighted by Gasteiger charge is 2.09. The van der Waals surface area contributed by atoms with Crippen molar-refractivity contribution in [3.63, 3.8) is 0 Å². The first-order valence-electron chi connectivity index (χ1n) is 8.54. The average molecular weight is 379 g/mol. The van der Waals surface area contributed by atoms with Gasteiger partial charge in [0.15, 0.2) is 0 Å². The first-order valence-corrected chi connectivity index (χ1v) is 8.54. The van der Waals surface area contributed by atoms with E-state index in [2.05, 4.69) is 15.6 Å². The van der Waals surface area contributed by atoms with Gasteiger partial charge in [0, 0.05) is 23.6 Å². The van der Waals surface area contributed by atoms with Crippen molar-refractivity contribution in [3.8, 4) is 11.5 Å². The van der Waals surface area contributed by atoms with E-state index in [9.17, 15) is 14.0 Å². The number of halogens is 1. The Hall–Kier alpha value is -3.74. The Labute approximate surface area is 161 Å². The summed E-state index contributed by atoms with van der Waals surface area (Å²) in [4.78, 5) is 27.9. The Bertz CT molecular complexity index is 973. The summed E-state index contributed by atoms with van der Waals surface area (Å²) >= 11 is 0. The molecule has 0 spiro atoms. The number of urea groups is 1. The quantitative estimate of drug-likeness (QED) is 0.696. The van der Waals surface area contributed by atoms with Gasteiger partial charge in [-0.3, -0.25) is 15.1 Å². The summed E-state index contributed by atoms with van der Waals surface area (Å²) in [6.45, 7) is 1.87. The normalized spacial score (nSPS) is 10.2. The number of nitrogens with one attached hydrogen (secondary N) is 2. The largest absolute Gasteiger partial charge is 0.457 e. The van der Waals surface area contributed by atoms with E-state index < -0.39 is 11.9 Å². The number of benzene rings is 2. The van der Waals surface area contributed by atoms with Gasteiger partial charge in [-0.1, -0.05) is 12.1 Å². The van der Waals surface area contributed by atoms with Crippen LogP contribution < -0.4 is 15.4 Å². The van der Waals surface area contributed by atoms with E-state index in [1.54, 1.807) is 36.5 Å². The van der Waals surface area contributed by atoms with Crippen LogP contribution in [0.5, 0.6) is 11.5 Å². The SMILES string of the molecule is Cc1cc(Oc2ccc(NC(=O)NC(=O)Cc3ccc(F)cc3)cc2)ccn1. The molecule has 0 atom stereocenters. The van der Waals surface area contributed by atoms with Gasteiger partial charge in [0.2, 0.25) is 5.91 Å². The molecule has 6 nitrogen and oxygen atoms in total. The van der Waals surface area contributed by atoms with Gasteiger partial charge in [0.25, 0.3) is 0 Å². The molecule has 0 unspecified atom stereocenters. The number of aryl methyl sites for hydroxylation is 1. The number of ether oxygens (including phenoxy) is 1. The van der Waals surface area contributed by atoms with Gasteiger partial charge in [-0.05, 0) is 55.0 Å². The molecule has 2 N–H and O–H groups in total. The number of pyridine rings is 1. The molecule has 0 aliphatic heterocycles. The van der Waals surface area contributed by atoms with Gasteiger partial charge in [-0.15, -0.1) is 0 Å². The molecule has 3 rings (SSSR count). The van der Waals surface area contributed by atoms with Crippen molar-refractivity contribution >= 4 is 17.6 Å². The summed E-state index contributed by atoms with van der Waals surface area (Å²) in [5, 5.41) is 4.80. The monoisotopic (exact) mass is 379 g/mol. The summed E-state index contributed by atoms with van der Waals surface area (Å²) in [5.74, 6) is 0.395. The van der Waals surface area contributed by atoms with Crippen LogP contribution in [0.3, 0.4) is 0 Å². The second-order valence-corrected chi connectivity index (χ2v) is 6.06. The number of amides is 3. The van der Waals surface area contributed by atoms with Crippen LogP contribution in [0.1, 0.15) is 11.3 Å². The zero-order chi connectivity index (χ0) is 19.9. The van der Waals surface area contributed by atoms with Crippen LogP contribution in [0.15, 0.2) is 66.9 Å². The molecule has 7 heteroatoms. The van der Waals surface area contributed by atoms with Gasteiger partial charge in [0.1, 0.15) is 17.3 Å². The molecule has 0 aliphatic rings. The van der Waals surface area contributed by atoms with Crippen molar-refractivity contribution in [1.82, 2.24) is 10.3 Å². The third kappa shape index (κ3) is 5.63. The molecular formula is C21H18FN3O3. The van der Waals surface area contributed by atoms with Gasteiger partial charge in [-0.25, -0.2) is 9.18 Å². The van der Waals surface area contributed by atoms with E-state index >= 15 is 0 Å². The van der Waals surface area contributed by atoms with Crippen LogP contribution in [-0.2, 0) is 11.2 Å². The molecule has 2 aromatic carbocycles. The van der Waals surface area contributed by atoms with Crippen LogP contribution in [0.4, 0.5) is 14.9 Å². The van der Waals surface area contributed by atoms with Crippen molar-refractivity contribution in [2.45, 2.75) is 13.3 Å². The highest BCUT2D eigenvalue weighted by Crippen LogP contribution is 2.23. The Morgan fingerprint density at radius 3 is 2.39 bits per heavy atom.